The third kappa shape index (κ3) is 4.72. The Kier molecular flexibility index (Phi) is 6.95. The zero-order chi connectivity index (χ0) is 22.3. The molecular weight excluding hydrogens is 402 g/mol. The number of para-hydroxylation sites is 1. The van der Waals surface area contributed by atoms with Gasteiger partial charge in [-0.2, -0.15) is 0 Å². The van der Waals surface area contributed by atoms with Gasteiger partial charge in [-0.3, -0.25) is 4.79 Å². The minimum absolute atomic E-state index is 0.0658. The topological polar surface area (TPSA) is 56.8 Å². The van der Waals surface area contributed by atoms with Crippen LogP contribution < -0.4 is 19.5 Å². The van der Waals surface area contributed by atoms with Crippen LogP contribution in [0.4, 0.5) is 0 Å². The predicted octanol–water partition coefficient (Wildman–Crippen LogP) is 4.59. The first-order chi connectivity index (χ1) is 15.7. The van der Waals surface area contributed by atoms with Gasteiger partial charge in [-0.1, -0.05) is 60.7 Å². The highest BCUT2D eigenvalue weighted by Crippen LogP contribution is 2.39. The van der Waals surface area contributed by atoms with Crippen molar-refractivity contribution in [1.82, 2.24) is 5.32 Å². The summed E-state index contributed by atoms with van der Waals surface area (Å²) in [4.78, 5) is 13.0. The van der Waals surface area contributed by atoms with Crippen molar-refractivity contribution in [2.75, 3.05) is 27.4 Å². The van der Waals surface area contributed by atoms with Crippen LogP contribution in [0.1, 0.15) is 29.0 Å². The van der Waals surface area contributed by atoms with E-state index in [1.54, 1.807) is 14.2 Å². The molecule has 1 amide bonds. The van der Waals surface area contributed by atoms with Crippen molar-refractivity contribution in [2.24, 2.45) is 5.92 Å². The Labute approximate surface area is 189 Å². The van der Waals surface area contributed by atoms with Crippen LogP contribution in [0.25, 0.3) is 0 Å². The van der Waals surface area contributed by atoms with Crippen LogP contribution in [-0.2, 0) is 11.2 Å². The Bertz CT molecular complexity index is 1030. The molecule has 0 radical (unpaired) electrons. The minimum atomic E-state index is -0.0732. The van der Waals surface area contributed by atoms with Crippen LogP contribution in [0, 0.1) is 5.92 Å². The second kappa shape index (κ2) is 10.2. The van der Waals surface area contributed by atoms with Crippen LogP contribution >= 0.6 is 0 Å². The van der Waals surface area contributed by atoms with Crippen LogP contribution in [-0.4, -0.2) is 33.3 Å². The van der Waals surface area contributed by atoms with Crippen molar-refractivity contribution in [2.45, 2.75) is 18.8 Å². The van der Waals surface area contributed by atoms with Crippen LogP contribution in [0.5, 0.6) is 17.2 Å². The highest BCUT2D eigenvalue weighted by Gasteiger charge is 2.31. The van der Waals surface area contributed by atoms with E-state index in [0.29, 0.717) is 30.4 Å². The molecule has 0 fully saturated rings. The van der Waals surface area contributed by atoms with Gasteiger partial charge in [0.15, 0.2) is 11.5 Å². The molecule has 0 heterocycles. The number of amides is 1. The van der Waals surface area contributed by atoms with Crippen molar-refractivity contribution in [3.8, 4) is 17.2 Å². The summed E-state index contributed by atoms with van der Waals surface area (Å²) in [5, 5.41) is 3.05. The summed E-state index contributed by atoms with van der Waals surface area (Å²) in [5.41, 5.74) is 3.83. The Balaban J connectivity index is 1.39. The maximum Gasteiger partial charge on any atom is 0.223 e. The van der Waals surface area contributed by atoms with Gasteiger partial charge in [-0.25, -0.2) is 0 Å². The molecule has 4 rings (SSSR count). The molecule has 3 aromatic carbocycles. The Morgan fingerprint density at radius 3 is 2.31 bits per heavy atom. The van der Waals surface area contributed by atoms with E-state index in [0.717, 1.165) is 12.8 Å². The summed E-state index contributed by atoms with van der Waals surface area (Å²) in [5.74, 6) is 1.97. The first-order valence-corrected chi connectivity index (χ1v) is 11.0. The molecule has 5 nitrogen and oxygen atoms in total. The van der Waals surface area contributed by atoms with Gasteiger partial charge in [-0.15, -0.1) is 0 Å². The van der Waals surface area contributed by atoms with Gasteiger partial charge in [0, 0.05) is 11.8 Å². The van der Waals surface area contributed by atoms with Gasteiger partial charge in [0.05, 0.1) is 20.8 Å². The number of hydrogen-bond acceptors (Lipinski definition) is 4. The normalized spacial score (nSPS) is 17.2. The van der Waals surface area contributed by atoms with Crippen molar-refractivity contribution < 1.29 is 19.0 Å². The fourth-order valence-electron chi connectivity index (χ4n) is 4.45. The highest BCUT2D eigenvalue weighted by atomic mass is 16.5. The number of fused-ring (bicyclic) bond motifs is 1. The number of carbonyl (C=O) groups is 1. The van der Waals surface area contributed by atoms with Crippen molar-refractivity contribution in [1.29, 1.82) is 0 Å². The standard InChI is InChI=1S/C27H29NO4/c1-30-24-13-8-14-25(31-2)26(24)32-16-15-28-27(29)21-17-20-11-6-7-12-22(20)23(18-21)19-9-4-3-5-10-19/h3-14,21,23H,15-18H2,1-2H3,(H,28,29)/t21-,23+/m0/s1. The lowest BCUT2D eigenvalue weighted by Gasteiger charge is -2.31. The molecule has 0 spiro atoms. The van der Waals surface area contributed by atoms with Gasteiger partial charge in [0.2, 0.25) is 11.7 Å². The number of methoxy groups -OCH3 is 2. The first kappa shape index (κ1) is 21.8. The van der Waals surface area contributed by atoms with E-state index < -0.39 is 0 Å². The fraction of sp³-hybridized carbons (Fsp3) is 0.296. The predicted molar refractivity (Wildman–Crippen MR) is 125 cm³/mol. The monoisotopic (exact) mass is 431 g/mol. The highest BCUT2D eigenvalue weighted by molar-refractivity contribution is 5.79. The van der Waals surface area contributed by atoms with Crippen LogP contribution in [0.15, 0.2) is 72.8 Å². The molecular formula is C27H29NO4. The maximum absolute atomic E-state index is 13.0. The van der Waals surface area contributed by atoms with Gasteiger partial charge in [0.1, 0.15) is 6.61 Å². The largest absolute Gasteiger partial charge is 0.493 e. The van der Waals surface area contributed by atoms with Crippen LogP contribution in [0.3, 0.4) is 0 Å². The van der Waals surface area contributed by atoms with E-state index in [1.165, 1.54) is 16.7 Å². The van der Waals surface area contributed by atoms with E-state index in [9.17, 15) is 4.79 Å². The average Bonchev–Trinajstić information content (AvgIpc) is 2.86. The minimum Gasteiger partial charge on any atom is -0.493 e. The van der Waals surface area contributed by atoms with E-state index >= 15 is 0 Å². The smallest absolute Gasteiger partial charge is 0.223 e. The lowest BCUT2D eigenvalue weighted by Crippen LogP contribution is -2.37. The Morgan fingerprint density at radius 1 is 0.906 bits per heavy atom. The van der Waals surface area contributed by atoms with Crippen molar-refractivity contribution in [3.63, 3.8) is 0 Å². The third-order valence-electron chi connectivity index (χ3n) is 6.02. The molecule has 1 N–H and O–H groups in total. The number of hydrogen-bond donors (Lipinski definition) is 1. The van der Waals surface area contributed by atoms with Gasteiger partial charge in [0.25, 0.3) is 0 Å². The van der Waals surface area contributed by atoms with E-state index in [-0.39, 0.29) is 17.7 Å². The molecule has 5 heteroatoms. The van der Waals surface area contributed by atoms with Gasteiger partial charge >= 0.3 is 0 Å². The third-order valence-corrected chi connectivity index (χ3v) is 6.02. The van der Waals surface area contributed by atoms with E-state index in [2.05, 4.69) is 53.8 Å². The lowest BCUT2D eigenvalue weighted by molar-refractivity contribution is -0.125. The first-order valence-electron chi connectivity index (χ1n) is 11.0. The Hall–Kier alpha value is -3.47. The number of nitrogens with one attached hydrogen (secondary N) is 1. The number of rotatable bonds is 8. The molecule has 1 aliphatic carbocycles. The molecule has 0 saturated carbocycles. The summed E-state index contributed by atoms with van der Waals surface area (Å²) in [7, 11) is 3.18. The van der Waals surface area contributed by atoms with Crippen LogP contribution in [0.2, 0.25) is 0 Å². The average molecular weight is 432 g/mol. The molecule has 1 aliphatic rings. The summed E-state index contributed by atoms with van der Waals surface area (Å²) in [6, 6.07) is 24.4. The molecule has 0 saturated heterocycles. The molecule has 0 bridgehead atoms. The SMILES string of the molecule is COc1cccc(OC)c1OCCNC(=O)[C@H]1Cc2ccccc2[C@@H](c2ccccc2)C1. The summed E-state index contributed by atoms with van der Waals surface area (Å²) < 4.78 is 16.6. The quantitative estimate of drug-likeness (QED) is 0.530. The van der Waals surface area contributed by atoms with E-state index in [4.69, 9.17) is 14.2 Å². The summed E-state index contributed by atoms with van der Waals surface area (Å²) in [6.45, 7) is 0.738. The molecule has 3 aromatic rings. The zero-order valence-corrected chi connectivity index (χ0v) is 18.5. The number of ether oxygens (including phenoxy) is 3. The van der Waals surface area contributed by atoms with Crippen molar-refractivity contribution >= 4 is 5.91 Å². The second-order valence-corrected chi connectivity index (χ2v) is 7.93. The van der Waals surface area contributed by atoms with E-state index in [1.807, 2.05) is 24.3 Å². The molecule has 166 valence electrons. The molecule has 0 aromatic heterocycles. The van der Waals surface area contributed by atoms with Gasteiger partial charge in [-0.05, 0) is 41.7 Å². The van der Waals surface area contributed by atoms with Crippen molar-refractivity contribution in [3.05, 3.63) is 89.5 Å². The van der Waals surface area contributed by atoms with Gasteiger partial charge < -0.3 is 19.5 Å². The molecule has 0 unspecified atom stereocenters. The Morgan fingerprint density at radius 2 is 1.59 bits per heavy atom. The molecule has 0 aliphatic heterocycles. The molecule has 2 atom stereocenters. The number of carbonyl (C=O) groups excluding carboxylic acids is 1. The lowest BCUT2D eigenvalue weighted by atomic mass is 9.73. The molecule has 32 heavy (non-hydrogen) atoms. The number of benzene rings is 3. The zero-order valence-electron chi connectivity index (χ0n) is 18.5. The summed E-state index contributed by atoms with van der Waals surface area (Å²) in [6.07, 6.45) is 1.56. The maximum atomic E-state index is 13.0. The fourth-order valence-corrected chi connectivity index (χ4v) is 4.45. The second-order valence-electron chi connectivity index (χ2n) is 7.93. The summed E-state index contributed by atoms with van der Waals surface area (Å²) >= 11 is 0.